The highest BCUT2D eigenvalue weighted by Crippen LogP contribution is 2.17. The number of hydrogen-bond acceptors (Lipinski definition) is 8. The Labute approximate surface area is 173 Å². The van der Waals surface area contributed by atoms with Gasteiger partial charge in [0.25, 0.3) is 5.91 Å². The Morgan fingerprint density at radius 3 is 2.77 bits per heavy atom. The van der Waals surface area contributed by atoms with E-state index in [1.807, 2.05) is 0 Å². The molecule has 3 amide bonds. The summed E-state index contributed by atoms with van der Waals surface area (Å²) >= 11 is 0. The second-order valence-corrected chi connectivity index (χ2v) is 7.16. The molecule has 0 unspecified atom stereocenters. The molecule has 0 aromatic carbocycles. The molecule has 0 saturated heterocycles. The minimum atomic E-state index is -1.10. The number of aryl methyl sites for hydroxylation is 1. The van der Waals surface area contributed by atoms with Gasteiger partial charge in [-0.3, -0.25) is 19.9 Å². The highest BCUT2D eigenvalue weighted by atomic mass is 16.5. The second kappa shape index (κ2) is 10.5. The lowest BCUT2D eigenvalue weighted by Crippen LogP contribution is -2.48. The van der Waals surface area contributed by atoms with Crippen LogP contribution in [0.3, 0.4) is 0 Å². The fourth-order valence-electron chi connectivity index (χ4n) is 3.16. The number of aromatic nitrogens is 3. The van der Waals surface area contributed by atoms with Gasteiger partial charge in [-0.1, -0.05) is 30.5 Å². The Morgan fingerprint density at radius 2 is 2.03 bits per heavy atom. The second-order valence-electron chi connectivity index (χ2n) is 7.16. The van der Waals surface area contributed by atoms with Crippen molar-refractivity contribution in [2.75, 3.05) is 0 Å². The third-order valence-corrected chi connectivity index (χ3v) is 4.76. The standard InChI is InChI=1S/C20H25N5O5/c1-13(19(27)24-20(28)22-14-7-3-2-4-8-14)29-17(26)11-10-16-23-18(25-30-16)15-9-5-6-12-21-15/h5-6,9,12-14H,2-4,7-8,10-11H2,1H3,(H2,22,24,27,28)/t13-/m0/s1. The van der Waals surface area contributed by atoms with Crippen LogP contribution in [0, 0.1) is 0 Å². The molecule has 1 saturated carbocycles. The first-order chi connectivity index (χ1) is 14.5. The molecular weight excluding hydrogens is 390 g/mol. The number of rotatable bonds is 7. The van der Waals surface area contributed by atoms with Crippen molar-refractivity contribution in [3.63, 3.8) is 0 Å². The third kappa shape index (κ3) is 6.36. The monoisotopic (exact) mass is 415 g/mol. The van der Waals surface area contributed by atoms with Gasteiger partial charge in [-0.05, 0) is 31.9 Å². The summed E-state index contributed by atoms with van der Waals surface area (Å²) in [6.07, 6.45) is 5.75. The summed E-state index contributed by atoms with van der Waals surface area (Å²) in [6.45, 7) is 1.41. The fourth-order valence-corrected chi connectivity index (χ4v) is 3.16. The molecule has 0 radical (unpaired) electrons. The Bertz CT molecular complexity index is 863. The highest BCUT2D eigenvalue weighted by molar-refractivity contribution is 5.97. The summed E-state index contributed by atoms with van der Waals surface area (Å²) < 4.78 is 10.2. The minimum Gasteiger partial charge on any atom is -0.453 e. The van der Waals surface area contributed by atoms with Crippen LogP contribution in [0.2, 0.25) is 0 Å². The van der Waals surface area contributed by atoms with E-state index in [1.54, 1.807) is 24.4 Å². The topological polar surface area (TPSA) is 136 Å². The molecule has 2 aromatic rings. The van der Waals surface area contributed by atoms with Gasteiger partial charge in [0, 0.05) is 18.7 Å². The number of pyridine rings is 1. The van der Waals surface area contributed by atoms with Gasteiger partial charge >= 0.3 is 12.0 Å². The normalized spacial score (nSPS) is 15.2. The van der Waals surface area contributed by atoms with Gasteiger partial charge in [-0.15, -0.1) is 0 Å². The first-order valence-electron chi connectivity index (χ1n) is 10.1. The molecule has 2 aromatic heterocycles. The van der Waals surface area contributed by atoms with Crippen molar-refractivity contribution in [2.45, 2.75) is 64.0 Å². The van der Waals surface area contributed by atoms with E-state index in [9.17, 15) is 14.4 Å². The summed E-state index contributed by atoms with van der Waals surface area (Å²) in [6, 6.07) is 4.83. The molecule has 1 aliphatic carbocycles. The molecule has 0 aliphatic heterocycles. The summed E-state index contributed by atoms with van der Waals surface area (Å²) in [7, 11) is 0. The van der Waals surface area contributed by atoms with Gasteiger partial charge in [-0.2, -0.15) is 4.98 Å². The van der Waals surface area contributed by atoms with Crippen LogP contribution in [0.15, 0.2) is 28.9 Å². The molecule has 10 heteroatoms. The maximum Gasteiger partial charge on any atom is 0.321 e. The number of ether oxygens (including phenoxy) is 1. The van der Waals surface area contributed by atoms with E-state index >= 15 is 0 Å². The van der Waals surface area contributed by atoms with E-state index in [4.69, 9.17) is 9.26 Å². The van der Waals surface area contributed by atoms with Crippen molar-refractivity contribution < 1.29 is 23.6 Å². The lowest BCUT2D eigenvalue weighted by molar-refractivity contribution is -0.154. The van der Waals surface area contributed by atoms with Crippen LogP contribution in [-0.2, 0) is 20.7 Å². The average molecular weight is 415 g/mol. The molecule has 0 bridgehead atoms. The minimum absolute atomic E-state index is 0.0459. The lowest BCUT2D eigenvalue weighted by Gasteiger charge is -2.23. The van der Waals surface area contributed by atoms with Crippen LogP contribution < -0.4 is 10.6 Å². The van der Waals surface area contributed by atoms with Gasteiger partial charge in [-0.25, -0.2) is 4.79 Å². The molecular formula is C20H25N5O5. The zero-order valence-corrected chi connectivity index (χ0v) is 16.8. The smallest absolute Gasteiger partial charge is 0.321 e. The number of urea groups is 1. The van der Waals surface area contributed by atoms with E-state index in [2.05, 4.69) is 25.8 Å². The number of nitrogens with one attached hydrogen (secondary N) is 2. The number of imide groups is 1. The van der Waals surface area contributed by atoms with Crippen molar-refractivity contribution in [3.8, 4) is 11.5 Å². The SMILES string of the molecule is C[C@H](OC(=O)CCc1nc(-c2ccccn2)no1)C(=O)NC(=O)NC1CCCCC1. The zero-order valence-electron chi connectivity index (χ0n) is 16.8. The van der Waals surface area contributed by atoms with Gasteiger partial charge in [0.15, 0.2) is 6.10 Å². The Kier molecular flexibility index (Phi) is 7.47. The van der Waals surface area contributed by atoms with Crippen LogP contribution in [0.1, 0.15) is 51.3 Å². The fraction of sp³-hybridized carbons (Fsp3) is 0.500. The first-order valence-corrected chi connectivity index (χ1v) is 10.1. The molecule has 30 heavy (non-hydrogen) atoms. The van der Waals surface area contributed by atoms with Crippen molar-refractivity contribution in [3.05, 3.63) is 30.3 Å². The Morgan fingerprint density at radius 1 is 1.23 bits per heavy atom. The van der Waals surface area contributed by atoms with Gasteiger partial charge < -0.3 is 14.6 Å². The van der Waals surface area contributed by atoms with E-state index < -0.39 is 24.0 Å². The number of nitrogens with zero attached hydrogens (tertiary/aromatic N) is 3. The van der Waals surface area contributed by atoms with E-state index in [-0.39, 0.29) is 24.8 Å². The largest absolute Gasteiger partial charge is 0.453 e. The van der Waals surface area contributed by atoms with Crippen molar-refractivity contribution in [1.29, 1.82) is 0 Å². The quantitative estimate of drug-likeness (QED) is 0.657. The van der Waals surface area contributed by atoms with Crippen LogP contribution in [0.4, 0.5) is 4.79 Å². The summed E-state index contributed by atoms with van der Waals surface area (Å²) in [5.74, 6) is -0.693. The van der Waals surface area contributed by atoms with Crippen molar-refractivity contribution >= 4 is 17.9 Å². The van der Waals surface area contributed by atoms with Crippen molar-refractivity contribution in [2.24, 2.45) is 0 Å². The molecule has 160 valence electrons. The molecule has 1 atom stereocenters. The average Bonchev–Trinajstić information content (AvgIpc) is 3.22. The van der Waals surface area contributed by atoms with Crippen LogP contribution in [0.5, 0.6) is 0 Å². The van der Waals surface area contributed by atoms with Gasteiger partial charge in [0.2, 0.25) is 11.7 Å². The predicted molar refractivity (Wildman–Crippen MR) is 105 cm³/mol. The zero-order chi connectivity index (χ0) is 21.3. The molecule has 2 N–H and O–H groups in total. The number of esters is 1. The summed E-state index contributed by atoms with van der Waals surface area (Å²) in [4.78, 5) is 44.3. The summed E-state index contributed by atoms with van der Waals surface area (Å²) in [5.41, 5.74) is 0.562. The third-order valence-electron chi connectivity index (χ3n) is 4.76. The van der Waals surface area contributed by atoms with Crippen LogP contribution in [-0.4, -0.2) is 45.2 Å². The number of hydrogen-bond donors (Lipinski definition) is 2. The maximum atomic E-state index is 12.1. The van der Waals surface area contributed by atoms with E-state index in [0.717, 1.165) is 25.7 Å². The molecule has 1 aliphatic rings. The molecule has 1 fully saturated rings. The molecule has 3 rings (SSSR count). The van der Waals surface area contributed by atoms with Crippen LogP contribution >= 0.6 is 0 Å². The Hall–Kier alpha value is -3.30. The molecule has 0 spiro atoms. The number of carbonyl (C=O) groups excluding carboxylic acids is 3. The number of carbonyl (C=O) groups is 3. The molecule has 10 nitrogen and oxygen atoms in total. The van der Waals surface area contributed by atoms with Crippen LogP contribution in [0.25, 0.3) is 11.5 Å². The van der Waals surface area contributed by atoms with Gasteiger partial charge in [0.05, 0.1) is 6.42 Å². The van der Waals surface area contributed by atoms with Crippen molar-refractivity contribution in [1.82, 2.24) is 25.8 Å². The Balaban J connectivity index is 1.39. The van der Waals surface area contributed by atoms with E-state index in [0.29, 0.717) is 11.5 Å². The predicted octanol–water partition coefficient (Wildman–Crippen LogP) is 2.15. The highest BCUT2D eigenvalue weighted by Gasteiger charge is 2.22. The first kappa shape index (κ1) is 21.4. The lowest BCUT2D eigenvalue weighted by atomic mass is 9.96. The maximum absolute atomic E-state index is 12.1. The molecule has 2 heterocycles. The summed E-state index contributed by atoms with van der Waals surface area (Å²) in [5, 5.41) is 8.81. The van der Waals surface area contributed by atoms with Gasteiger partial charge in [0.1, 0.15) is 5.69 Å². The number of amides is 3. The van der Waals surface area contributed by atoms with E-state index in [1.165, 1.54) is 13.3 Å².